The zero-order valence-corrected chi connectivity index (χ0v) is 15.3. The van der Waals surface area contributed by atoms with Gasteiger partial charge < -0.3 is 25.0 Å². The Balaban J connectivity index is 1.80. The third-order valence-electron chi connectivity index (χ3n) is 3.97. The molecule has 1 aromatic heterocycles. The van der Waals surface area contributed by atoms with Crippen LogP contribution >= 0.6 is 0 Å². The number of guanidine groups is 1. The molecule has 3 N–H and O–H groups in total. The number of aromatic nitrogens is 1. The van der Waals surface area contributed by atoms with Gasteiger partial charge in [0.25, 0.3) is 0 Å². The molecule has 0 atom stereocenters. The Labute approximate surface area is 148 Å². The summed E-state index contributed by atoms with van der Waals surface area (Å²) in [5, 5.41) is 7.08. The van der Waals surface area contributed by atoms with Crippen LogP contribution in [0, 0.1) is 13.8 Å². The first kappa shape index (κ1) is 18.6. The van der Waals surface area contributed by atoms with Gasteiger partial charge in [-0.1, -0.05) is 11.2 Å². The lowest BCUT2D eigenvalue weighted by Gasteiger charge is -2.09. The van der Waals surface area contributed by atoms with Crippen LogP contribution in [0.1, 0.15) is 29.0 Å². The zero-order valence-electron chi connectivity index (χ0n) is 15.3. The highest BCUT2D eigenvalue weighted by molar-refractivity contribution is 5.77. The van der Waals surface area contributed by atoms with Crippen molar-refractivity contribution in [2.75, 3.05) is 20.8 Å². The summed E-state index contributed by atoms with van der Waals surface area (Å²) >= 11 is 0. The number of nitrogens with one attached hydrogen (secondary N) is 1. The molecule has 0 unspecified atom stereocenters. The molecule has 0 aliphatic heterocycles. The van der Waals surface area contributed by atoms with E-state index in [1.165, 1.54) is 5.56 Å². The molecule has 25 heavy (non-hydrogen) atoms. The maximum absolute atomic E-state index is 5.92. The standard InChI is InChI=1S/C18H26N4O3/c1-12-15(13(2)25-22-12)6-5-9-20-18(19)21-11-14-7-8-16(23-3)17(10-14)24-4/h7-8,10H,5-6,9,11H2,1-4H3,(H3,19,20,21). The second-order valence-electron chi connectivity index (χ2n) is 5.72. The minimum absolute atomic E-state index is 0.425. The summed E-state index contributed by atoms with van der Waals surface area (Å²) in [6, 6.07) is 5.69. The molecular formula is C18H26N4O3. The minimum atomic E-state index is 0.425. The zero-order chi connectivity index (χ0) is 18.2. The molecule has 0 saturated carbocycles. The largest absolute Gasteiger partial charge is 0.493 e. The summed E-state index contributed by atoms with van der Waals surface area (Å²) in [6.07, 6.45) is 1.83. The van der Waals surface area contributed by atoms with Crippen molar-refractivity contribution in [3.63, 3.8) is 0 Å². The van der Waals surface area contributed by atoms with Gasteiger partial charge in [0.2, 0.25) is 0 Å². The van der Waals surface area contributed by atoms with Gasteiger partial charge in [-0.25, -0.2) is 4.99 Å². The van der Waals surface area contributed by atoms with Crippen LogP contribution in [0.2, 0.25) is 0 Å². The molecule has 1 aromatic carbocycles. The number of methoxy groups -OCH3 is 2. The average molecular weight is 346 g/mol. The Morgan fingerprint density at radius 2 is 2.00 bits per heavy atom. The summed E-state index contributed by atoms with van der Waals surface area (Å²) in [5.74, 6) is 2.68. The van der Waals surface area contributed by atoms with Crippen molar-refractivity contribution in [2.24, 2.45) is 10.7 Å². The van der Waals surface area contributed by atoms with E-state index in [-0.39, 0.29) is 0 Å². The van der Waals surface area contributed by atoms with E-state index in [0.29, 0.717) is 24.0 Å². The molecule has 0 amide bonds. The smallest absolute Gasteiger partial charge is 0.188 e. The van der Waals surface area contributed by atoms with Gasteiger partial charge in [0, 0.05) is 12.1 Å². The fourth-order valence-corrected chi connectivity index (χ4v) is 2.55. The summed E-state index contributed by atoms with van der Waals surface area (Å²) in [4.78, 5) is 4.35. The number of hydrogen-bond donors (Lipinski definition) is 2. The van der Waals surface area contributed by atoms with Crippen LogP contribution in [0.15, 0.2) is 27.7 Å². The maximum Gasteiger partial charge on any atom is 0.188 e. The molecule has 2 rings (SSSR count). The van der Waals surface area contributed by atoms with Crippen molar-refractivity contribution in [3.8, 4) is 11.5 Å². The van der Waals surface area contributed by atoms with Crippen LogP contribution in [0.25, 0.3) is 0 Å². The summed E-state index contributed by atoms with van der Waals surface area (Å²) in [5.41, 5.74) is 9.04. The number of aryl methyl sites for hydroxylation is 2. The molecular weight excluding hydrogens is 320 g/mol. The number of hydrogen-bond acceptors (Lipinski definition) is 5. The topological polar surface area (TPSA) is 94.9 Å². The molecule has 2 aromatic rings. The van der Waals surface area contributed by atoms with Crippen LogP contribution in [0.4, 0.5) is 0 Å². The molecule has 7 nitrogen and oxygen atoms in total. The predicted molar refractivity (Wildman–Crippen MR) is 97.2 cm³/mol. The van der Waals surface area contributed by atoms with E-state index in [1.807, 2.05) is 32.0 Å². The van der Waals surface area contributed by atoms with Crippen molar-refractivity contribution in [3.05, 3.63) is 40.8 Å². The van der Waals surface area contributed by atoms with E-state index in [9.17, 15) is 0 Å². The van der Waals surface area contributed by atoms with Gasteiger partial charge in [-0.2, -0.15) is 0 Å². The minimum Gasteiger partial charge on any atom is -0.493 e. The monoisotopic (exact) mass is 346 g/mol. The van der Waals surface area contributed by atoms with Crippen molar-refractivity contribution < 1.29 is 14.0 Å². The SMILES string of the molecule is COc1ccc(CN=C(N)NCCCc2c(C)noc2C)cc1OC. The van der Waals surface area contributed by atoms with Crippen LogP contribution in [-0.4, -0.2) is 31.9 Å². The summed E-state index contributed by atoms with van der Waals surface area (Å²) in [7, 11) is 3.22. The Morgan fingerprint density at radius 1 is 1.24 bits per heavy atom. The highest BCUT2D eigenvalue weighted by Gasteiger charge is 2.08. The molecule has 0 radical (unpaired) electrons. The van der Waals surface area contributed by atoms with Crippen LogP contribution in [-0.2, 0) is 13.0 Å². The molecule has 0 fully saturated rings. The third-order valence-corrected chi connectivity index (χ3v) is 3.97. The fraction of sp³-hybridized carbons (Fsp3) is 0.444. The molecule has 0 bridgehead atoms. The van der Waals surface area contributed by atoms with Gasteiger partial charge in [-0.3, -0.25) is 0 Å². The normalized spacial score (nSPS) is 11.4. The first-order valence-electron chi connectivity index (χ1n) is 8.21. The Bertz CT molecular complexity index is 706. The van der Waals surface area contributed by atoms with Gasteiger partial charge in [-0.05, 0) is 44.4 Å². The van der Waals surface area contributed by atoms with E-state index in [4.69, 9.17) is 19.7 Å². The van der Waals surface area contributed by atoms with E-state index in [0.717, 1.165) is 36.4 Å². The van der Waals surface area contributed by atoms with Crippen LogP contribution in [0.3, 0.4) is 0 Å². The van der Waals surface area contributed by atoms with E-state index < -0.39 is 0 Å². The highest BCUT2D eigenvalue weighted by atomic mass is 16.5. The molecule has 136 valence electrons. The summed E-state index contributed by atoms with van der Waals surface area (Å²) < 4.78 is 15.7. The second-order valence-corrected chi connectivity index (χ2v) is 5.72. The van der Waals surface area contributed by atoms with Crippen LogP contribution in [0.5, 0.6) is 11.5 Å². The van der Waals surface area contributed by atoms with Gasteiger partial charge in [0.1, 0.15) is 5.76 Å². The Morgan fingerprint density at radius 3 is 2.64 bits per heavy atom. The van der Waals surface area contributed by atoms with Crippen molar-refractivity contribution in [2.45, 2.75) is 33.2 Å². The number of rotatable bonds is 8. The lowest BCUT2D eigenvalue weighted by molar-refractivity contribution is 0.354. The fourth-order valence-electron chi connectivity index (χ4n) is 2.55. The quantitative estimate of drug-likeness (QED) is 0.433. The lowest BCUT2D eigenvalue weighted by atomic mass is 10.1. The summed E-state index contributed by atoms with van der Waals surface area (Å²) in [6.45, 7) is 5.11. The maximum atomic E-state index is 5.92. The van der Waals surface area contributed by atoms with Gasteiger partial charge in [0.15, 0.2) is 17.5 Å². The first-order chi connectivity index (χ1) is 12.0. The Kier molecular flexibility index (Phi) is 6.68. The average Bonchev–Trinajstić information content (AvgIpc) is 2.94. The molecule has 1 heterocycles. The van der Waals surface area contributed by atoms with E-state index in [1.54, 1.807) is 14.2 Å². The molecule has 0 saturated heterocycles. The number of nitrogens with two attached hydrogens (primary N) is 1. The first-order valence-corrected chi connectivity index (χ1v) is 8.21. The van der Waals surface area contributed by atoms with Gasteiger partial charge in [0.05, 0.1) is 26.5 Å². The van der Waals surface area contributed by atoms with Crippen molar-refractivity contribution in [1.29, 1.82) is 0 Å². The second kappa shape index (κ2) is 8.96. The predicted octanol–water partition coefficient (Wildman–Crippen LogP) is 2.35. The molecule has 0 spiro atoms. The van der Waals surface area contributed by atoms with Crippen LogP contribution < -0.4 is 20.5 Å². The van der Waals surface area contributed by atoms with Crippen molar-refractivity contribution >= 4 is 5.96 Å². The van der Waals surface area contributed by atoms with E-state index in [2.05, 4.69) is 15.5 Å². The number of aliphatic imine (C=N–C) groups is 1. The van der Waals surface area contributed by atoms with Crippen molar-refractivity contribution in [1.82, 2.24) is 10.5 Å². The van der Waals surface area contributed by atoms with Gasteiger partial charge >= 0.3 is 0 Å². The third kappa shape index (κ3) is 5.14. The number of ether oxygens (including phenoxy) is 2. The Hall–Kier alpha value is -2.70. The lowest BCUT2D eigenvalue weighted by Crippen LogP contribution is -2.32. The number of benzene rings is 1. The molecule has 7 heteroatoms. The molecule has 0 aliphatic rings. The van der Waals surface area contributed by atoms with E-state index >= 15 is 0 Å². The highest BCUT2D eigenvalue weighted by Crippen LogP contribution is 2.27. The molecule has 0 aliphatic carbocycles. The number of nitrogens with zero attached hydrogens (tertiary/aromatic N) is 2. The van der Waals surface area contributed by atoms with Gasteiger partial charge in [-0.15, -0.1) is 0 Å².